The quantitative estimate of drug-likeness (QED) is 0.812. The minimum absolute atomic E-state index is 0.0147. The number of aliphatic carboxylic acids is 1. The summed E-state index contributed by atoms with van der Waals surface area (Å²) >= 11 is 0. The number of nitrogens with zero attached hydrogens (tertiary/aromatic N) is 1. The molecule has 0 saturated carbocycles. The van der Waals surface area contributed by atoms with Gasteiger partial charge in [0.05, 0.1) is 12.2 Å². The van der Waals surface area contributed by atoms with E-state index in [0.29, 0.717) is 5.56 Å². The van der Waals surface area contributed by atoms with Gasteiger partial charge in [0.25, 0.3) is 0 Å². The maximum absolute atomic E-state index is 11.4. The fraction of sp³-hybridized carbons (Fsp3) is 0.333. The van der Waals surface area contributed by atoms with E-state index < -0.39 is 15.8 Å². The van der Waals surface area contributed by atoms with Gasteiger partial charge in [-0.05, 0) is 11.6 Å². The zero-order chi connectivity index (χ0) is 11.5. The summed E-state index contributed by atoms with van der Waals surface area (Å²) < 4.78 is 22.7. The Hall–Kier alpha value is -1.43. The number of pyridine rings is 1. The lowest BCUT2D eigenvalue weighted by atomic mass is 10.2. The Morgan fingerprint density at radius 1 is 1.47 bits per heavy atom. The number of hydrogen-bond donors (Lipinski definition) is 1. The SMILES string of the molecule is CCS(=O)(=O)c1ccc(CC(=O)O)cn1. The van der Waals surface area contributed by atoms with Crippen LogP contribution in [0.25, 0.3) is 0 Å². The van der Waals surface area contributed by atoms with Crippen LogP contribution in [0.2, 0.25) is 0 Å². The molecule has 0 atom stereocenters. The Balaban J connectivity index is 2.95. The van der Waals surface area contributed by atoms with Crippen molar-refractivity contribution in [3.63, 3.8) is 0 Å². The first kappa shape index (κ1) is 11.6. The van der Waals surface area contributed by atoms with Gasteiger partial charge in [0, 0.05) is 6.20 Å². The van der Waals surface area contributed by atoms with Gasteiger partial charge in [0.2, 0.25) is 0 Å². The molecule has 1 rings (SSSR count). The maximum Gasteiger partial charge on any atom is 0.307 e. The van der Waals surface area contributed by atoms with E-state index in [0.717, 1.165) is 0 Å². The third kappa shape index (κ3) is 3.02. The van der Waals surface area contributed by atoms with Crippen LogP contribution in [0.5, 0.6) is 0 Å². The van der Waals surface area contributed by atoms with Crippen LogP contribution in [-0.4, -0.2) is 30.2 Å². The van der Waals surface area contributed by atoms with Gasteiger partial charge in [0.1, 0.15) is 0 Å². The lowest BCUT2D eigenvalue weighted by Crippen LogP contribution is -2.07. The highest BCUT2D eigenvalue weighted by atomic mass is 32.2. The Kier molecular flexibility index (Phi) is 3.41. The highest BCUT2D eigenvalue weighted by Crippen LogP contribution is 2.08. The van der Waals surface area contributed by atoms with Crippen molar-refractivity contribution in [1.82, 2.24) is 4.98 Å². The van der Waals surface area contributed by atoms with Crippen molar-refractivity contribution in [2.75, 3.05) is 5.75 Å². The van der Waals surface area contributed by atoms with Crippen molar-refractivity contribution < 1.29 is 18.3 Å². The van der Waals surface area contributed by atoms with Crippen molar-refractivity contribution in [2.24, 2.45) is 0 Å². The van der Waals surface area contributed by atoms with Gasteiger partial charge in [-0.3, -0.25) is 4.79 Å². The number of carboxylic acids is 1. The molecular formula is C9H11NO4S. The molecule has 0 spiro atoms. The molecule has 1 aromatic rings. The van der Waals surface area contributed by atoms with Crippen LogP contribution in [0, 0.1) is 0 Å². The van der Waals surface area contributed by atoms with E-state index >= 15 is 0 Å². The highest BCUT2D eigenvalue weighted by Gasteiger charge is 2.12. The van der Waals surface area contributed by atoms with Gasteiger partial charge in [-0.25, -0.2) is 13.4 Å². The van der Waals surface area contributed by atoms with Crippen molar-refractivity contribution in [3.8, 4) is 0 Å². The lowest BCUT2D eigenvalue weighted by Gasteiger charge is -2.01. The molecule has 0 fully saturated rings. The van der Waals surface area contributed by atoms with E-state index in [9.17, 15) is 13.2 Å². The lowest BCUT2D eigenvalue weighted by molar-refractivity contribution is -0.136. The van der Waals surface area contributed by atoms with E-state index in [4.69, 9.17) is 5.11 Å². The van der Waals surface area contributed by atoms with E-state index in [-0.39, 0.29) is 17.2 Å². The average molecular weight is 229 g/mol. The second-order valence-electron chi connectivity index (χ2n) is 2.98. The fourth-order valence-electron chi connectivity index (χ4n) is 1.02. The first-order valence-corrected chi connectivity index (χ1v) is 6.00. The number of rotatable bonds is 4. The van der Waals surface area contributed by atoms with Crippen LogP contribution in [0.3, 0.4) is 0 Å². The van der Waals surface area contributed by atoms with Crippen molar-refractivity contribution >= 4 is 15.8 Å². The monoisotopic (exact) mass is 229 g/mol. The molecule has 0 aliphatic carbocycles. The van der Waals surface area contributed by atoms with Crippen LogP contribution < -0.4 is 0 Å². The summed E-state index contributed by atoms with van der Waals surface area (Å²) in [7, 11) is -3.30. The van der Waals surface area contributed by atoms with Crippen LogP contribution in [0.15, 0.2) is 23.4 Å². The summed E-state index contributed by atoms with van der Waals surface area (Å²) in [4.78, 5) is 14.1. The minimum Gasteiger partial charge on any atom is -0.481 e. The summed E-state index contributed by atoms with van der Waals surface area (Å²) in [6, 6.07) is 2.79. The molecule has 5 nitrogen and oxygen atoms in total. The van der Waals surface area contributed by atoms with Gasteiger partial charge in [-0.2, -0.15) is 0 Å². The van der Waals surface area contributed by atoms with Crippen molar-refractivity contribution in [1.29, 1.82) is 0 Å². The predicted octanol–water partition coefficient (Wildman–Crippen LogP) is 0.502. The Morgan fingerprint density at radius 2 is 2.13 bits per heavy atom. The second-order valence-corrected chi connectivity index (χ2v) is 5.20. The van der Waals surface area contributed by atoms with Crippen molar-refractivity contribution in [2.45, 2.75) is 18.4 Å². The summed E-state index contributed by atoms with van der Waals surface area (Å²) in [5, 5.41) is 8.48. The fourth-order valence-corrected chi connectivity index (χ4v) is 1.81. The Morgan fingerprint density at radius 3 is 2.53 bits per heavy atom. The van der Waals surface area contributed by atoms with E-state index in [1.807, 2.05) is 0 Å². The molecule has 82 valence electrons. The highest BCUT2D eigenvalue weighted by molar-refractivity contribution is 7.91. The van der Waals surface area contributed by atoms with Gasteiger partial charge in [-0.15, -0.1) is 0 Å². The molecule has 1 N–H and O–H groups in total. The third-order valence-electron chi connectivity index (χ3n) is 1.85. The summed E-state index contributed by atoms with van der Waals surface area (Å²) in [6.45, 7) is 1.53. The molecule has 0 aliphatic heterocycles. The molecule has 1 aromatic heterocycles. The number of carbonyl (C=O) groups is 1. The van der Waals surface area contributed by atoms with E-state index in [2.05, 4.69) is 4.98 Å². The molecule has 15 heavy (non-hydrogen) atoms. The minimum atomic E-state index is -3.30. The smallest absolute Gasteiger partial charge is 0.307 e. The molecule has 0 bridgehead atoms. The first-order chi connectivity index (χ1) is 6.95. The molecule has 0 unspecified atom stereocenters. The zero-order valence-corrected chi connectivity index (χ0v) is 8.99. The topological polar surface area (TPSA) is 84.3 Å². The van der Waals surface area contributed by atoms with Gasteiger partial charge >= 0.3 is 5.97 Å². The average Bonchev–Trinajstić information content (AvgIpc) is 2.18. The zero-order valence-electron chi connectivity index (χ0n) is 8.17. The van der Waals surface area contributed by atoms with Crippen LogP contribution in [0.1, 0.15) is 12.5 Å². The number of aromatic nitrogens is 1. The van der Waals surface area contributed by atoms with Gasteiger partial charge in [-0.1, -0.05) is 13.0 Å². The molecule has 0 saturated heterocycles. The summed E-state index contributed by atoms with van der Waals surface area (Å²) in [5.74, 6) is -0.985. The Labute approximate surface area is 87.7 Å². The molecule has 0 amide bonds. The Bertz CT molecular complexity index is 450. The van der Waals surface area contributed by atoms with Crippen LogP contribution in [0.4, 0.5) is 0 Å². The number of carboxylic acid groups (broad SMARTS) is 1. The molecular weight excluding hydrogens is 218 g/mol. The van der Waals surface area contributed by atoms with E-state index in [1.54, 1.807) is 0 Å². The largest absolute Gasteiger partial charge is 0.481 e. The molecule has 6 heteroatoms. The standard InChI is InChI=1S/C9H11NO4S/c1-2-15(13,14)8-4-3-7(6-10-8)5-9(11)12/h3-4,6H,2,5H2,1H3,(H,11,12). The van der Waals surface area contributed by atoms with E-state index in [1.165, 1.54) is 25.3 Å². The summed E-state index contributed by atoms with van der Waals surface area (Å²) in [6.07, 6.45) is 1.12. The molecule has 0 radical (unpaired) electrons. The van der Waals surface area contributed by atoms with Crippen LogP contribution in [-0.2, 0) is 21.1 Å². The first-order valence-electron chi connectivity index (χ1n) is 4.35. The maximum atomic E-state index is 11.4. The molecule has 1 heterocycles. The third-order valence-corrected chi connectivity index (χ3v) is 3.49. The van der Waals surface area contributed by atoms with Crippen LogP contribution >= 0.6 is 0 Å². The summed E-state index contributed by atoms with van der Waals surface area (Å²) in [5.41, 5.74) is 0.484. The normalized spacial score (nSPS) is 11.3. The molecule has 0 aromatic carbocycles. The van der Waals surface area contributed by atoms with Gasteiger partial charge < -0.3 is 5.11 Å². The molecule has 0 aliphatic rings. The van der Waals surface area contributed by atoms with Crippen molar-refractivity contribution in [3.05, 3.63) is 23.9 Å². The number of sulfone groups is 1. The van der Waals surface area contributed by atoms with Gasteiger partial charge in [0.15, 0.2) is 14.9 Å². The second kappa shape index (κ2) is 4.39. The predicted molar refractivity (Wildman–Crippen MR) is 53.3 cm³/mol. The number of hydrogen-bond acceptors (Lipinski definition) is 4.